The Kier molecular flexibility index (Phi) is 4.24. The molecule has 0 saturated carbocycles. The van der Waals surface area contributed by atoms with Crippen LogP contribution in [-0.4, -0.2) is 21.8 Å². The normalized spacial score (nSPS) is 10.5. The fraction of sp³-hybridized carbons (Fsp3) is 0.105. The minimum absolute atomic E-state index is 0.126. The lowest BCUT2D eigenvalue weighted by Crippen LogP contribution is -2.10. The zero-order valence-electron chi connectivity index (χ0n) is 13.0. The SMILES string of the molecule is Cc1onc(-c2ccccc2)c1C(=O)CC(=O)c1ccccc1O. The van der Waals surface area contributed by atoms with Gasteiger partial charge >= 0.3 is 0 Å². The van der Waals surface area contributed by atoms with Crippen molar-refractivity contribution in [3.63, 3.8) is 0 Å². The highest BCUT2D eigenvalue weighted by Gasteiger charge is 2.24. The van der Waals surface area contributed by atoms with E-state index in [2.05, 4.69) is 5.16 Å². The Hall–Kier alpha value is -3.21. The highest BCUT2D eigenvalue weighted by Crippen LogP contribution is 2.27. The summed E-state index contributed by atoms with van der Waals surface area (Å²) in [4.78, 5) is 24.9. The summed E-state index contributed by atoms with van der Waals surface area (Å²) < 4.78 is 5.15. The van der Waals surface area contributed by atoms with Gasteiger partial charge in [-0.05, 0) is 19.1 Å². The zero-order valence-corrected chi connectivity index (χ0v) is 13.0. The summed E-state index contributed by atoms with van der Waals surface area (Å²) in [5, 5.41) is 13.7. The number of benzene rings is 2. The van der Waals surface area contributed by atoms with Crippen molar-refractivity contribution in [1.29, 1.82) is 0 Å². The van der Waals surface area contributed by atoms with Crippen molar-refractivity contribution in [2.24, 2.45) is 0 Å². The molecule has 0 radical (unpaired) electrons. The number of aromatic nitrogens is 1. The number of nitrogens with zero attached hydrogens (tertiary/aromatic N) is 1. The van der Waals surface area contributed by atoms with Gasteiger partial charge in [0.1, 0.15) is 17.2 Å². The molecule has 0 atom stereocenters. The molecule has 1 heterocycles. The van der Waals surface area contributed by atoms with Crippen molar-refractivity contribution < 1.29 is 19.2 Å². The second-order valence-electron chi connectivity index (χ2n) is 5.37. The maximum atomic E-state index is 12.6. The molecule has 1 N–H and O–H groups in total. The van der Waals surface area contributed by atoms with E-state index in [-0.39, 0.29) is 23.5 Å². The number of aryl methyl sites for hydroxylation is 1. The lowest BCUT2D eigenvalue weighted by atomic mass is 9.97. The van der Waals surface area contributed by atoms with Gasteiger partial charge in [-0.3, -0.25) is 9.59 Å². The van der Waals surface area contributed by atoms with Crippen LogP contribution in [0.1, 0.15) is 32.9 Å². The van der Waals surface area contributed by atoms with E-state index in [9.17, 15) is 14.7 Å². The molecule has 0 fully saturated rings. The summed E-state index contributed by atoms with van der Waals surface area (Å²) in [6.07, 6.45) is -0.362. The van der Waals surface area contributed by atoms with E-state index in [1.165, 1.54) is 12.1 Å². The third-order valence-electron chi connectivity index (χ3n) is 3.71. The lowest BCUT2D eigenvalue weighted by Gasteiger charge is -2.04. The van der Waals surface area contributed by atoms with E-state index in [1.807, 2.05) is 30.3 Å². The first-order chi connectivity index (χ1) is 11.6. The van der Waals surface area contributed by atoms with E-state index in [4.69, 9.17) is 4.52 Å². The summed E-state index contributed by atoms with van der Waals surface area (Å²) in [5.41, 5.74) is 1.59. The number of carbonyl (C=O) groups is 2. The Balaban J connectivity index is 1.90. The van der Waals surface area contributed by atoms with Crippen LogP contribution in [0.2, 0.25) is 0 Å². The molecule has 5 heteroatoms. The highest BCUT2D eigenvalue weighted by atomic mass is 16.5. The maximum Gasteiger partial charge on any atom is 0.176 e. The summed E-state index contributed by atoms with van der Waals surface area (Å²) in [6.45, 7) is 1.64. The largest absolute Gasteiger partial charge is 0.507 e. The van der Waals surface area contributed by atoms with Crippen LogP contribution in [0.15, 0.2) is 59.1 Å². The van der Waals surface area contributed by atoms with Crippen LogP contribution in [0.25, 0.3) is 11.3 Å². The minimum atomic E-state index is -0.447. The van der Waals surface area contributed by atoms with Gasteiger partial charge in [0.2, 0.25) is 0 Å². The third kappa shape index (κ3) is 2.96. The number of rotatable bonds is 5. The van der Waals surface area contributed by atoms with Crippen LogP contribution in [0.5, 0.6) is 5.75 Å². The van der Waals surface area contributed by atoms with Crippen LogP contribution < -0.4 is 0 Å². The van der Waals surface area contributed by atoms with E-state index in [0.29, 0.717) is 17.0 Å². The fourth-order valence-corrected chi connectivity index (χ4v) is 2.53. The summed E-state index contributed by atoms with van der Waals surface area (Å²) in [6, 6.07) is 15.3. The molecule has 120 valence electrons. The number of para-hydroxylation sites is 1. The molecule has 3 rings (SSSR count). The number of hydrogen-bond donors (Lipinski definition) is 1. The predicted molar refractivity (Wildman–Crippen MR) is 88.1 cm³/mol. The number of phenolic OH excluding ortho intramolecular Hbond substituents is 1. The van der Waals surface area contributed by atoms with Crippen molar-refractivity contribution in [3.8, 4) is 17.0 Å². The van der Waals surface area contributed by atoms with E-state index < -0.39 is 5.78 Å². The van der Waals surface area contributed by atoms with Crippen LogP contribution in [0.4, 0.5) is 0 Å². The molecule has 0 amide bonds. The van der Waals surface area contributed by atoms with Gasteiger partial charge < -0.3 is 9.63 Å². The molecule has 0 bridgehead atoms. The lowest BCUT2D eigenvalue weighted by molar-refractivity contribution is 0.0892. The topological polar surface area (TPSA) is 80.4 Å². The van der Waals surface area contributed by atoms with Gasteiger partial charge in [-0.15, -0.1) is 0 Å². The van der Waals surface area contributed by atoms with Crippen molar-refractivity contribution in [1.82, 2.24) is 5.16 Å². The summed E-state index contributed by atoms with van der Waals surface area (Å²) in [5.74, 6) is -0.608. The van der Waals surface area contributed by atoms with Crippen LogP contribution in [0.3, 0.4) is 0 Å². The quantitative estimate of drug-likeness (QED) is 0.571. The van der Waals surface area contributed by atoms with E-state index in [1.54, 1.807) is 19.1 Å². The molecule has 5 nitrogen and oxygen atoms in total. The number of ketones is 2. The molecule has 3 aromatic rings. The Bertz CT molecular complexity index is 897. The number of phenols is 1. The van der Waals surface area contributed by atoms with Crippen LogP contribution in [-0.2, 0) is 0 Å². The maximum absolute atomic E-state index is 12.6. The minimum Gasteiger partial charge on any atom is -0.507 e. The van der Waals surface area contributed by atoms with Gasteiger partial charge in [0.15, 0.2) is 11.6 Å². The Morgan fingerprint density at radius 3 is 2.38 bits per heavy atom. The smallest absolute Gasteiger partial charge is 0.176 e. The molecule has 2 aromatic carbocycles. The Morgan fingerprint density at radius 1 is 1.00 bits per heavy atom. The highest BCUT2D eigenvalue weighted by molar-refractivity contribution is 6.16. The van der Waals surface area contributed by atoms with Crippen molar-refractivity contribution >= 4 is 11.6 Å². The second kappa shape index (κ2) is 6.50. The average Bonchev–Trinajstić information content (AvgIpc) is 2.97. The first-order valence-electron chi connectivity index (χ1n) is 7.44. The van der Waals surface area contributed by atoms with Gasteiger partial charge in [0, 0.05) is 5.56 Å². The number of carbonyl (C=O) groups excluding carboxylic acids is 2. The fourth-order valence-electron chi connectivity index (χ4n) is 2.53. The Labute approximate surface area is 138 Å². The van der Waals surface area contributed by atoms with Crippen molar-refractivity contribution in [2.75, 3.05) is 0 Å². The monoisotopic (exact) mass is 321 g/mol. The third-order valence-corrected chi connectivity index (χ3v) is 3.71. The molecule has 0 unspecified atom stereocenters. The van der Waals surface area contributed by atoms with Gasteiger partial charge in [0.25, 0.3) is 0 Å². The number of aromatic hydroxyl groups is 1. The van der Waals surface area contributed by atoms with Crippen molar-refractivity contribution in [2.45, 2.75) is 13.3 Å². The molecular formula is C19H15NO4. The standard InChI is InChI=1S/C19H15NO4/c1-12-18(19(20-24-12)13-7-3-2-4-8-13)17(23)11-16(22)14-9-5-6-10-15(14)21/h2-10,21H,11H2,1H3. The molecule has 24 heavy (non-hydrogen) atoms. The first-order valence-corrected chi connectivity index (χ1v) is 7.44. The van der Waals surface area contributed by atoms with Gasteiger partial charge in [-0.25, -0.2) is 0 Å². The molecule has 0 spiro atoms. The second-order valence-corrected chi connectivity index (χ2v) is 5.37. The van der Waals surface area contributed by atoms with Crippen LogP contribution in [0, 0.1) is 6.92 Å². The van der Waals surface area contributed by atoms with Gasteiger partial charge in [-0.2, -0.15) is 0 Å². The molecular weight excluding hydrogens is 306 g/mol. The average molecular weight is 321 g/mol. The molecule has 0 aliphatic heterocycles. The number of Topliss-reactive ketones (excluding diaryl/α,β-unsaturated/α-hetero) is 2. The summed E-state index contributed by atoms with van der Waals surface area (Å²) in [7, 11) is 0. The van der Waals surface area contributed by atoms with E-state index in [0.717, 1.165) is 5.56 Å². The summed E-state index contributed by atoms with van der Waals surface area (Å²) >= 11 is 0. The van der Waals surface area contributed by atoms with Gasteiger partial charge in [0.05, 0.1) is 17.5 Å². The van der Waals surface area contributed by atoms with Crippen molar-refractivity contribution in [3.05, 3.63) is 71.5 Å². The van der Waals surface area contributed by atoms with Gasteiger partial charge in [-0.1, -0.05) is 47.6 Å². The molecule has 0 aliphatic rings. The molecule has 0 aliphatic carbocycles. The molecule has 0 saturated heterocycles. The first kappa shape index (κ1) is 15.7. The number of hydrogen-bond acceptors (Lipinski definition) is 5. The Morgan fingerprint density at radius 2 is 1.67 bits per heavy atom. The van der Waals surface area contributed by atoms with Crippen LogP contribution >= 0.6 is 0 Å². The van der Waals surface area contributed by atoms with E-state index >= 15 is 0 Å². The molecule has 1 aromatic heterocycles. The zero-order chi connectivity index (χ0) is 17.1. The predicted octanol–water partition coefficient (Wildman–Crippen LogP) is 3.81.